The third-order valence-corrected chi connectivity index (χ3v) is 4.35. The number of aromatic nitrogens is 2. The zero-order valence-electron chi connectivity index (χ0n) is 14.4. The van der Waals surface area contributed by atoms with Gasteiger partial charge in [-0.3, -0.25) is 4.98 Å². The molecule has 25 heavy (non-hydrogen) atoms. The Kier molecular flexibility index (Phi) is 3.73. The summed E-state index contributed by atoms with van der Waals surface area (Å²) in [5.41, 5.74) is 6.66. The van der Waals surface area contributed by atoms with Crippen molar-refractivity contribution in [1.82, 2.24) is 9.97 Å². The monoisotopic (exact) mass is 330 g/mol. The van der Waals surface area contributed by atoms with Crippen molar-refractivity contribution in [2.75, 3.05) is 0 Å². The van der Waals surface area contributed by atoms with Crippen LogP contribution in [-0.2, 0) is 0 Å². The van der Waals surface area contributed by atoms with Gasteiger partial charge in [0.2, 0.25) is 5.88 Å². The van der Waals surface area contributed by atoms with Crippen molar-refractivity contribution < 1.29 is 9.15 Å². The fraction of sp³-hybridized carbons (Fsp3) is 0.143. The zero-order valence-corrected chi connectivity index (χ0v) is 14.4. The van der Waals surface area contributed by atoms with Crippen molar-refractivity contribution in [2.24, 2.45) is 0 Å². The molecule has 0 N–H and O–H groups in total. The molecule has 0 amide bonds. The first-order valence-electron chi connectivity index (χ1n) is 8.16. The van der Waals surface area contributed by atoms with Gasteiger partial charge in [0.15, 0.2) is 0 Å². The van der Waals surface area contributed by atoms with Gasteiger partial charge >= 0.3 is 0 Å². The van der Waals surface area contributed by atoms with Crippen LogP contribution in [0.25, 0.3) is 22.1 Å². The normalized spacial score (nSPS) is 11.0. The Balaban J connectivity index is 1.76. The van der Waals surface area contributed by atoms with E-state index in [1.54, 1.807) is 12.5 Å². The first-order valence-corrected chi connectivity index (χ1v) is 8.16. The van der Waals surface area contributed by atoms with Crippen LogP contribution in [0.4, 0.5) is 0 Å². The summed E-state index contributed by atoms with van der Waals surface area (Å²) in [7, 11) is 0. The van der Waals surface area contributed by atoms with E-state index in [4.69, 9.17) is 9.15 Å². The second-order valence-electron chi connectivity index (χ2n) is 6.17. The Bertz CT molecular complexity index is 1040. The molecule has 0 fully saturated rings. The van der Waals surface area contributed by atoms with Crippen LogP contribution in [0.1, 0.15) is 16.7 Å². The van der Waals surface area contributed by atoms with Gasteiger partial charge in [-0.2, -0.15) is 0 Å². The maximum atomic E-state index is 6.05. The number of rotatable bonds is 3. The molecule has 0 aliphatic rings. The number of nitrogens with zero attached hydrogens (tertiary/aromatic N) is 2. The number of furan rings is 1. The zero-order chi connectivity index (χ0) is 17.4. The van der Waals surface area contributed by atoms with Crippen LogP contribution in [-0.4, -0.2) is 9.97 Å². The Hall–Kier alpha value is -3.14. The second-order valence-corrected chi connectivity index (χ2v) is 6.17. The Morgan fingerprint density at radius 1 is 0.920 bits per heavy atom. The highest BCUT2D eigenvalue weighted by Gasteiger charge is 2.13. The van der Waals surface area contributed by atoms with E-state index in [1.807, 2.05) is 36.7 Å². The minimum atomic E-state index is 0.554. The molecule has 4 aromatic rings. The molecular formula is C21H18N2O2. The minimum Gasteiger partial charge on any atom is -0.464 e. The molecule has 124 valence electrons. The van der Waals surface area contributed by atoms with Gasteiger partial charge in [-0.25, -0.2) is 4.98 Å². The van der Waals surface area contributed by atoms with Crippen LogP contribution < -0.4 is 4.74 Å². The number of ether oxygens (including phenoxy) is 1. The Labute approximate surface area is 146 Å². The van der Waals surface area contributed by atoms with E-state index in [9.17, 15) is 0 Å². The summed E-state index contributed by atoms with van der Waals surface area (Å²) in [6.07, 6.45) is 7.05. The van der Waals surface area contributed by atoms with Crippen molar-refractivity contribution >= 4 is 11.0 Å². The first kappa shape index (κ1) is 15.4. The molecule has 0 atom stereocenters. The van der Waals surface area contributed by atoms with E-state index >= 15 is 0 Å². The van der Waals surface area contributed by atoms with Gasteiger partial charge in [0, 0.05) is 18.6 Å². The highest BCUT2D eigenvalue weighted by molar-refractivity contribution is 5.82. The van der Waals surface area contributed by atoms with Crippen molar-refractivity contribution in [3.8, 4) is 22.8 Å². The van der Waals surface area contributed by atoms with Crippen LogP contribution in [0.3, 0.4) is 0 Å². The van der Waals surface area contributed by atoms with Gasteiger partial charge in [-0.1, -0.05) is 0 Å². The summed E-state index contributed by atoms with van der Waals surface area (Å²) >= 11 is 0. The molecule has 0 spiro atoms. The summed E-state index contributed by atoms with van der Waals surface area (Å²) in [6.45, 7) is 6.27. The van der Waals surface area contributed by atoms with E-state index in [2.05, 4.69) is 36.8 Å². The number of pyridine rings is 2. The smallest absolute Gasteiger partial charge is 0.230 e. The fourth-order valence-corrected chi connectivity index (χ4v) is 3.22. The van der Waals surface area contributed by atoms with Crippen LogP contribution >= 0.6 is 0 Å². The molecule has 0 aliphatic heterocycles. The molecule has 0 aliphatic carbocycles. The number of benzene rings is 1. The van der Waals surface area contributed by atoms with Crippen LogP contribution in [0.15, 0.2) is 59.6 Å². The van der Waals surface area contributed by atoms with Gasteiger partial charge in [-0.05, 0) is 78.9 Å². The lowest BCUT2D eigenvalue weighted by Crippen LogP contribution is -1.95. The summed E-state index contributed by atoms with van der Waals surface area (Å²) in [4.78, 5) is 8.52. The maximum Gasteiger partial charge on any atom is 0.230 e. The van der Waals surface area contributed by atoms with Crippen molar-refractivity contribution in [2.45, 2.75) is 20.8 Å². The Morgan fingerprint density at radius 3 is 2.48 bits per heavy atom. The molecule has 3 heterocycles. The lowest BCUT2D eigenvalue weighted by molar-refractivity contribution is 0.468. The van der Waals surface area contributed by atoms with Crippen molar-refractivity contribution in [3.63, 3.8) is 0 Å². The molecule has 4 heteroatoms. The van der Waals surface area contributed by atoms with Gasteiger partial charge in [0.05, 0.1) is 11.6 Å². The third-order valence-electron chi connectivity index (χ3n) is 4.35. The topological polar surface area (TPSA) is 48.2 Å². The Morgan fingerprint density at radius 2 is 1.72 bits per heavy atom. The number of fused-ring (bicyclic) bond motifs is 1. The molecule has 1 aromatic carbocycles. The SMILES string of the molecule is Cc1cnccc1-c1c(C)cc(Oc2nccc3occc23)cc1C. The maximum absolute atomic E-state index is 6.05. The highest BCUT2D eigenvalue weighted by atomic mass is 16.5. The molecule has 3 aromatic heterocycles. The summed E-state index contributed by atoms with van der Waals surface area (Å²) in [5, 5.41) is 0.867. The average molecular weight is 330 g/mol. The molecule has 0 saturated heterocycles. The predicted molar refractivity (Wildman–Crippen MR) is 98.0 cm³/mol. The molecule has 0 unspecified atom stereocenters. The van der Waals surface area contributed by atoms with Crippen LogP contribution in [0, 0.1) is 20.8 Å². The van der Waals surface area contributed by atoms with Crippen molar-refractivity contribution in [3.05, 3.63) is 71.9 Å². The third kappa shape index (κ3) is 2.76. The molecular weight excluding hydrogens is 312 g/mol. The van der Waals surface area contributed by atoms with Crippen LogP contribution in [0.2, 0.25) is 0 Å². The predicted octanol–water partition coefficient (Wildman–Crippen LogP) is 5.61. The van der Waals surface area contributed by atoms with Crippen molar-refractivity contribution in [1.29, 1.82) is 0 Å². The number of hydrogen-bond acceptors (Lipinski definition) is 4. The average Bonchev–Trinajstić information content (AvgIpc) is 3.06. The van der Waals surface area contributed by atoms with Gasteiger partial charge in [0.1, 0.15) is 11.3 Å². The number of aryl methyl sites for hydroxylation is 3. The second kappa shape index (κ2) is 6.06. The lowest BCUT2D eigenvalue weighted by Gasteiger charge is -2.15. The summed E-state index contributed by atoms with van der Waals surface area (Å²) < 4.78 is 11.5. The standard InChI is InChI=1S/C21H18N2O2/c1-13-10-16(25-21-18-6-9-24-19(18)5-8-23-21)11-14(2)20(13)17-4-7-22-12-15(17)3/h4-12H,1-3H3. The minimum absolute atomic E-state index is 0.554. The fourth-order valence-electron chi connectivity index (χ4n) is 3.22. The van der Waals surface area contributed by atoms with E-state index in [-0.39, 0.29) is 0 Å². The molecule has 0 saturated carbocycles. The molecule has 4 rings (SSSR count). The van der Waals surface area contributed by atoms with Crippen LogP contribution in [0.5, 0.6) is 11.6 Å². The first-order chi connectivity index (χ1) is 12.1. The van der Waals surface area contributed by atoms with E-state index in [1.165, 1.54) is 11.1 Å². The van der Waals surface area contributed by atoms with E-state index < -0.39 is 0 Å². The number of hydrogen-bond donors (Lipinski definition) is 0. The van der Waals surface area contributed by atoms with Gasteiger partial charge in [-0.15, -0.1) is 0 Å². The largest absolute Gasteiger partial charge is 0.464 e. The van der Waals surface area contributed by atoms with Gasteiger partial charge < -0.3 is 9.15 Å². The highest BCUT2D eigenvalue weighted by Crippen LogP contribution is 2.35. The van der Waals surface area contributed by atoms with Gasteiger partial charge in [0.25, 0.3) is 0 Å². The molecule has 4 nitrogen and oxygen atoms in total. The summed E-state index contributed by atoms with van der Waals surface area (Å²) in [5.74, 6) is 1.32. The summed E-state index contributed by atoms with van der Waals surface area (Å²) in [6, 6.07) is 9.84. The molecule has 0 bridgehead atoms. The quantitative estimate of drug-likeness (QED) is 0.490. The molecule has 0 radical (unpaired) electrons. The van der Waals surface area contributed by atoms with E-state index in [0.29, 0.717) is 5.88 Å². The lowest BCUT2D eigenvalue weighted by atomic mass is 9.93. The van der Waals surface area contributed by atoms with E-state index in [0.717, 1.165) is 33.4 Å².